The average molecular weight is 529 g/mol. The van der Waals surface area contributed by atoms with Crippen molar-refractivity contribution in [2.75, 3.05) is 39.3 Å². The van der Waals surface area contributed by atoms with E-state index in [2.05, 4.69) is 69.1 Å². The van der Waals surface area contributed by atoms with Crippen molar-refractivity contribution in [1.82, 2.24) is 9.80 Å². The SMILES string of the molecule is Fc1ccc(COCC2CCN(CC3CN(Cc4cccc5ccccc45)CC3c3ccsc3)CC2)cc1. The average Bonchev–Trinajstić information content (AvgIpc) is 3.61. The van der Waals surface area contributed by atoms with Crippen LogP contribution in [0.3, 0.4) is 0 Å². The molecule has 3 aromatic carbocycles. The van der Waals surface area contributed by atoms with Gasteiger partial charge in [-0.05, 0) is 94.2 Å². The molecule has 1 aromatic heterocycles. The summed E-state index contributed by atoms with van der Waals surface area (Å²) < 4.78 is 19.1. The normalized spacial score (nSPS) is 21.4. The molecule has 2 aliphatic rings. The lowest BCUT2D eigenvalue weighted by molar-refractivity contribution is 0.0542. The van der Waals surface area contributed by atoms with E-state index in [1.165, 1.54) is 53.4 Å². The third-order valence-corrected chi connectivity index (χ3v) is 9.20. The molecule has 0 spiro atoms. The molecule has 2 saturated heterocycles. The number of halogens is 1. The van der Waals surface area contributed by atoms with E-state index in [0.29, 0.717) is 24.4 Å². The quantitative estimate of drug-likeness (QED) is 0.229. The van der Waals surface area contributed by atoms with Gasteiger partial charge in [0.05, 0.1) is 6.61 Å². The van der Waals surface area contributed by atoms with Gasteiger partial charge in [-0.25, -0.2) is 4.39 Å². The minimum absolute atomic E-state index is 0.193. The van der Waals surface area contributed by atoms with Crippen LogP contribution < -0.4 is 0 Å². The number of rotatable bonds is 9. The van der Waals surface area contributed by atoms with Crippen molar-refractivity contribution < 1.29 is 9.13 Å². The molecule has 0 N–H and O–H groups in total. The Labute approximate surface area is 229 Å². The monoisotopic (exact) mass is 528 g/mol. The van der Waals surface area contributed by atoms with E-state index in [0.717, 1.165) is 44.9 Å². The first-order valence-electron chi connectivity index (χ1n) is 14.0. The zero-order valence-electron chi connectivity index (χ0n) is 22.0. The number of thiophene rings is 1. The van der Waals surface area contributed by atoms with Crippen LogP contribution in [0.15, 0.2) is 83.6 Å². The molecule has 5 heteroatoms. The Balaban J connectivity index is 1.03. The zero-order chi connectivity index (χ0) is 25.7. The molecule has 2 unspecified atom stereocenters. The summed E-state index contributed by atoms with van der Waals surface area (Å²) in [4.78, 5) is 5.38. The summed E-state index contributed by atoms with van der Waals surface area (Å²) in [7, 11) is 0. The predicted octanol–water partition coefficient (Wildman–Crippen LogP) is 7.18. The van der Waals surface area contributed by atoms with E-state index < -0.39 is 0 Å². The van der Waals surface area contributed by atoms with Crippen LogP contribution in [0.5, 0.6) is 0 Å². The molecule has 38 heavy (non-hydrogen) atoms. The number of hydrogen-bond acceptors (Lipinski definition) is 4. The van der Waals surface area contributed by atoms with E-state index in [-0.39, 0.29) is 5.82 Å². The maximum absolute atomic E-state index is 13.1. The molecular formula is C33H37FN2OS. The molecule has 0 aliphatic carbocycles. The van der Waals surface area contributed by atoms with Gasteiger partial charge in [0.15, 0.2) is 0 Å². The van der Waals surface area contributed by atoms with Gasteiger partial charge < -0.3 is 9.64 Å². The molecule has 2 aliphatic heterocycles. The van der Waals surface area contributed by atoms with E-state index in [1.807, 2.05) is 23.5 Å². The lowest BCUT2D eigenvalue weighted by Gasteiger charge is -2.34. The molecule has 0 radical (unpaired) electrons. The Morgan fingerprint density at radius 2 is 1.68 bits per heavy atom. The second-order valence-electron chi connectivity index (χ2n) is 11.1. The van der Waals surface area contributed by atoms with Gasteiger partial charge in [-0.15, -0.1) is 0 Å². The molecule has 6 rings (SSSR count). The van der Waals surface area contributed by atoms with E-state index in [9.17, 15) is 4.39 Å². The lowest BCUT2D eigenvalue weighted by Crippen LogP contribution is -2.39. The first-order valence-corrected chi connectivity index (χ1v) is 14.9. The third-order valence-electron chi connectivity index (χ3n) is 8.50. The van der Waals surface area contributed by atoms with Crippen molar-refractivity contribution in [2.24, 2.45) is 11.8 Å². The molecular weight excluding hydrogens is 491 g/mol. The fourth-order valence-electron chi connectivity index (χ4n) is 6.40. The van der Waals surface area contributed by atoms with Crippen LogP contribution in [0.25, 0.3) is 10.8 Å². The van der Waals surface area contributed by atoms with Crippen LogP contribution in [-0.2, 0) is 17.9 Å². The fraction of sp³-hybridized carbons (Fsp3) is 0.394. The van der Waals surface area contributed by atoms with Crippen LogP contribution in [0.4, 0.5) is 4.39 Å². The highest BCUT2D eigenvalue weighted by atomic mass is 32.1. The van der Waals surface area contributed by atoms with Gasteiger partial charge >= 0.3 is 0 Å². The highest BCUT2D eigenvalue weighted by molar-refractivity contribution is 7.08. The molecule has 2 atom stereocenters. The number of hydrogen-bond donors (Lipinski definition) is 0. The van der Waals surface area contributed by atoms with Crippen LogP contribution in [0, 0.1) is 17.7 Å². The topological polar surface area (TPSA) is 15.7 Å². The van der Waals surface area contributed by atoms with Crippen molar-refractivity contribution in [3.05, 3.63) is 106 Å². The Bertz CT molecular complexity index is 1300. The van der Waals surface area contributed by atoms with Crippen molar-refractivity contribution in [3.63, 3.8) is 0 Å². The fourth-order valence-corrected chi connectivity index (χ4v) is 7.13. The van der Waals surface area contributed by atoms with Crippen LogP contribution in [0.2, 0.25) is 0 Å². The first kappa shape index (κ1) is 25.7. The summed E-state index contributed by atoms with van der Waals surface area (Å²) in [6, 6.07) is 24.5. The van der Waals surface area contributed by atoms with Gasteiger partial charge in [0.25, 0.3) is 0 Å². The maximum Gasteiger partial charge on any atom is 0.123 e. The summed E-state index contributed by atoms with van der Waals surface area (Å²) in [6.45, 7) is 8.16. The molecule has 2 fully saturated rings. The Morgan fingerprint density at radius 3 is 2.50 bits per heavy atom. The standard InChI is InChI=1S/C33H37FN2OS/c34-31-10-8-25(9-11-31)22-37-23-26-12-15-35(16-13-26)19-30-20-36(21-33(30)29-14-17-38-24-29)18-28-6-3-5-27-4-1-2-7-32(27)28/h1-11,14,17,24,26,30,33H,12-13,15-16,18-23H2. The molecule has 198 valence electrons. The number of benzene rings is 3. The van der Waals surface area contributed by atoms with Gasteiger partial charge in [-0.3, -0.25) is 4.90 Å². The van der Waals surface area contributed by atoms with Crippen molar-refractivity contribution in [2.45, 2.75) is 31.9 Å². The Hall–Kier alpha value is -2.57. The van der Waals surface area contributed by atoms with E-state index in [1.54, 1.807) is 0 Å². The highest BCUT2D eigenvalue weighted by Gasteiger charge is 2.35. The Kier molecular flexibility index (Phi) is 8.17. The minimum atomic E-state index is -0.193. The molecule has 0 bridgehead atoms. The van der Waals surface area contributed by atoms with Gasteiger partial charge in [0.1, 0.15) is 5.82 Å². The predicted molar refractivity (Wildman–Crippen MR) is 155 cm³/mol. The van der Waals surface area contributed by atoms with Gasteiger partial charge in [-0.1, -0.05) is 54.6 Å². The third kappa shape index (κ3) is 6.18. The number of fused-ring (bicyclic) bond motifs is 1. The number of likely N-dealkylation sites (tertiary alicyclic amines) is 2. The van der Waals surface area contributed by atoms with Gasteiger partial charge in [-0.2, -0.15) is 11.3 Å². The largest absolute Gasteiger partial charge is 0.376 e. The Morgan fingerprint density at radius 1 is 0.868 bits per heavy atom. The summed E-state index contributed by atoms with van der Waals surface area (Å²) in [5, 5.41) is 7.31. The second-order valence-corrected chi connectivity index (χ2v) is 11.9. The molecule has 4 aromatic rings. The van der Waals surface area contributed by atoms with Crippen LogP contribution in [0.1, 0.15) is 35.4 Å². The molecule has 3 nitrogen and oxygen atoms in total. The summed E-state index contributed by atoms with van der Waals surface area (Å²) in [5.74, 6) is 1.69. The number of piperidine rings is 1. The number of ether oxygens (including phenoxy) is 1. The van der Waals surface area contributed by atoms with Crippen molar-refractivity contribution in [1.29, 1.82) is 0 Å². The minimum Gasteiger partial charge on any atom is -0.376 e. The van der Waals surface area contributed by atoms with E-state index >= 15 is 0 Å². The van der Waals surface area contributed by atoms with Gasteiger partial charge in [0, 0.05) is 38.7 Å². The maximum atomic E-state index is 13.1. The lowest BCUT2D eigenvalue weighted by atomic mass is 9.89. The first-order chi connectivity index (χ1) is 18.7. The molecule has 0 saturated carbocycles. The van der Waals surface area contributed by atoms with Crippen LogP contribution in [-0.4, -0.2) is 49.1 Å². The summed E-state index contributed by atoms with van der Waals surface area (Å²) in [5.41, 5.74) is 4.00. The molecule has 0 amide bonds. The second kappa shape index (κ2) is 12.1. The smallest absolute Gasteiger partial charge is 0.123 e. The number of nitrogens with zero attached hydrogens (tertiary/aromatic N) is 2. The molecule has 3 heterocycles. The van der Waals surface area contributed by atoms with Crippen molar-refractivity contribution in [3.8, 4) is 0 Å². The summed E-state index contributed by atoms with van der Waals surface area (Å²) >= 11 is 1.82. The van der Waals surface area contributed by atoms with Gasteiger partial charge in [0.2, 0.25) is 0 Å². The van der Waals surface area contributed by atoms with Crippen LogP contribution >= 0.6 is 11.3 Å². The summed E-state index contributed by atoms with van der Waals surface area (Å²) in [6.07, 6.45) is 2.39. The van der Waals surface area contributed by atoms with E-state index in [4.69, 9.17) is 4.74 Å². The van der Waals surface area contributed by atoms with Crippen molar-refractivity contribution >= 4 is 22.1 Å². The highest BCUT2D eigenvalue weighted by Crippen LogP contribution is 2.36. The zero-order valence-corrected chi connectivity index (χ0v) is 22.8.